The summed E-state index contributed by atoms with van der Waals surface area (Å²) < 4.78 is 7.68. The fourth-order valence-electron chi connectivity index (χ4n) is 1.78. The van der Waals surface area contributed by atoms with E-state index in [-0.39, 0.29) is 0 Å². The molecule has 1 heterocycles. The molecule has 0 bridgehead atoms. The van der Waals surface area contributed by atoms with Gasteiger partial charge >= 0.3 is 0 Å². The molecule has 86 valence electrons. The smallest absolute Gasteiger partial charge is 0.0645 e. The van der Waals surface area contributed by atoms with Crippen LogP contribution in [-0.4, -0.2) is 17.8 Å². The first kappa shape index (κ1) is 11.5. The van der Waals surface area contributed by atoms with Crippen molar-refractivity contribution < 1.29 is 4.74 Å². The summed E-state index contributed by atoms with van der Waals surface area (Å²) in [6.07, 6.45) is 3.15. The second kappa shape index (κ2) is 5.37. The monoisotopic (exact) mass is 237 g/mol. The van der Waals surface area contributed by atoms with Crippen molar-refractivity contribution in [1.29, 1.82) is 0 Å². The van der Waals surface area contributed by atoms with Gasteiger partial charge in [0.05, 0.1) is 6.61 Å². The number of rotatable bonds is 5. The van der Waals surface area contributed by atoms with Crippen LogP contribution < -0.4 is 0 Å². The van der Waals surface area contributed by atoms with E-state index in [4.69, 9.17) is 16.3 Å². The van der Waals surface area contributed by atoms with Gasteiger partial charge < -0.3 is 9.30 Å². The maximum absolute atomic E-state index is 5.94. The molecule has 0 aliphatic rings. The van der Waals surface area contributed by atoms with Crippen molar-refractivity contribution >= 4 is 22.5 Å². The van der Waals surface area contributed by atoms with Crippen molar-refractivity contribution in [2.75, 3.05) is 13.2 Å². The molecule has 0 saturated heterocycles. The lowest BCUT2D eigenvalue weighted by molar-refractivity contribution is 0.127. The molecule has 16 heavy (non-hydrogen) atoms. The van der Waals surface area contributed by atoms with Gasteiger partial charge in [0.15, 0.2) is 0 Å². The van der Waals surface area contributed by atoms with Gasteiger partial charge in [-0.3, -0.25) is 0 Å². The SMILES string of the molecule is CCCOCCn1ccc2cc(Cl)ccc21. The Morgan fingerprint density at radius 3 is 2.94 bits per heavy atom. The molecule has 1 aromatic heterocycles. The molecule has 0 saturated carbocycles. The van der Waals surface area contributed by atoms with E-state index in [9.17, 15) is 0 Å². The van der Waals surface area contributed by atoms with Crippen LogP contribution in [-0.2, 0) is 11.3 Å². The van der Waals surface area contributed by atoms with Gasteiger partial charge in [-0.2, -0.15) is 0 Å². The van der Waals surface area contributed by atoms with E-state index in [2.05, 4.69) is 29.8 Å². The molecule has 0 radical (unpaired) electrons. The van der Waals surface area contributed by atoms with Crippen LogP contribution in [0, 0.1) is 0 Å². The van der Waals surface area contributed by atoms with Crippen molar-refractivity contribution in [2.24, 2.45) is 0 Å². The second-order valence-electron chi connectivity index (χ2n) is 3.82. The van der Waals surface area contributed by atoms with Gasteiger partial charge in [0, 0.05) is 35.3 Å². The van der Waals surface area contributed by atoms with Crippen LogP contribution in [0.4, 0.5) is 0 Å². The summed E-state index contributed by atoms with van der Waals surface area (Å²) >= 11 is 5.94. The highest BCUT2D eigenvalue weighted by Crippen LogP contribution is 2.20. The Bertz CT molecular complexity index is 464. The number of aromatic nitrogens is 1. The van der Waals surface area contributed by atoms with Gasteiger partial charge in [0.1, 0.15) is 0 Å². The zero-order valence-electron chi connectivity index (χ0n) is 9.45. The Morgan fingerprint density at radius 1 is 1.25 bits per heavy atom. The van der Waals surface area contributed by atoms with Crippen molar-refractivity contribution in [1.82, 2.24) is 4.57 Å². The van der Waals surface area contributed by atoms with Crippen molar-refractivity contribution in [3.63, 3.8) is 0 Å². The molecule has 0 aliphatic heterocycles. The number of hydrogen-bond donors (Lipinski definition) is 0. The number of halogens is 1. The summed E-state index contributed by atoms with van der Waals surface area (Å²) in [5.74, 6) is 0. The summed E-state index contributed by atoms with van der Waals surface area (Å²) in [6.45, 7) is 4.61. The number of ether oxygens (including phenoxy) is 1. The van der Waals surface area contributed by atoms with E-state index in [1.54, 1.807) is 0 Å². The summed E-state index contributed by atoms with van der Waals surface area (Å²) in [4.78, 5) is 0. The molecule has 0 aliphatic carbocycles. The lowest BCUT2D eigenvalue weighted by Crippen LogP contribution is -2.05. The maximum Gasteiger partial charge on any atom is 0.0645 e. The standard InChI is InChI=1S/C13H16ClNO/c1-2-8-16-9-7-15-6-5-11-10-12(14)3-4-13(11)15/h3-6,10H,2,7-9H2,1H3. The Balaban J connectivity index is 2.07. The largest absolute Gasteiger partial charge is 0.380 e. The summed E-state index contributed by atoms with van der Waals surface area (Å²) in [6, 6.07) is 8.05. The predicted molar refractivity (Wildman–Crippen MR) is 68.1 cm³/mol. The highest BCUT2D eigenvalue weighted by Gasteiger charge is 2.00. The summed E-state index contributed by atoms with van der Waals surface area (Å²) in [5, 5.41) is 1.97. The van der Waals surface area contributed by atoms with Crippen LogP contribution in [0.15, 0.2) is 30.5 Å². The molecular weight excluding hydrogens is 222 g/mol. The molecule has 0 spiro atoms. The lowest BCUT2D eigenvalue weighted by atomic mass is 10.2. The fraction of sp³-hybridized carbons (Fsp3) is 0.385. The van der Waals surface area contributed by atoms with Crippen LogP contribution in [0.2, 0.25) is 5.02 Å². The molecule has 2 nitrogen and oxygen atoms in total. The Labute approximate surface area is 101 Å². The molecule has 0 atom stereocenters. The molecule has 2 aromatic rings. The van der Waals surface area contributed by atoms with Crippen LogP contribution in [0.25, 0.3) is 10.9 Å². The van der Waals surface area contributed by atoms with Crippen LogP contribution in [0.3, 0.4) is 0 Å². The third-order valence-electron chi connectivity index (χ3n) is 2.56. The van der Waals surface area contributed by atoms with Gasteiger partial charge in [-0.1, -0.05) is 18.5 Å². The van der Waals surface area contributed by atoms with Gasteiger partial charge in [-0.25, -0.2) is 0 Å². The first-order chi connectivity index (χ1) is 7.81. The van der Waals surface area contributed by atoms with Crippen LogP contribution >= 0.6 is 11.6 Å². The predicted octanol–water partition coefficient (Wildman–Crippen LogP) is 3.72. The Hall–Kier alpha value is -0.990. The van der Waals surface area contributed by atoms with Crippen molar-refractivity contribution in [2.45, 2.75) is 19.9 Å². The van der Waals surface area contributed by atoms with Gasteiger partial charge in [0.2, 0.25) is 0 Å². The highest BCUT2D eigenvalue weighted by atomic mass is 35.5. The average molecular weight is 238 g/mol. The van der Waals surface area contributed by atoms with Crippen molar-refractivity contribution in [3.05, 3.63) is 35.5 Å². The highest BCUT2D eigenvalue weighted by molar-refractivity contribution is 6.31. The normalized spacial score (nSPS) is 11.1. The molecule has 0 fully saturated rings. The van der Waals surface area contributed by atoms with Gasteiger partial charge in [-0.05, 0) is 30.7 Å². The first-order valence-electron chi connectivity index (χ1n) is 5.63. The maximum atomic E-state index is 5.94. The number of nitrogens with zero attached hydrogens (tertiary/aromatic N) is 1. The average Bonchev–Trinajstić information content (AvgIpc) is 2.67. The molecule has 0 N–H and O–H groups in total. The zero-order chi connectivity index (χ0) is 11.4. The molecular formula is C13H16ClNO. The Kier molecular flexibility index (Phi) is 3.86. The summed E-state index contributed by atoms with van der Waals surface area (Å²) in [5.41, 5.74) is 1.21. The van der Waals surface area contributed by atoms with Crippen LogP contribution in [0.1, 0.15) is 13.3 Å². The van der Waals surface area contributed by atoms with E-state index in [1.165, 1.54) is 10.9 Å². The molecule has 1 aromatic carbocycles. The minimum atomic E-state index is 0.764. The molecule has 0 unspecified atom stereocenters. The Morgan fingerprint density at radius 2 is 2.12 bits per heavy atom. The quantitative estimate of drug-likeness (QED) is 0.723. The third-order valence-corrected chi connectivity index (χ3v) is 2.79. The van der Waals surface area contributed by atoms with Crippen LogP contribution in [0.5, 0.6) is 0 Å². The molecule has 3 heteroatoms. The minimum Gasteiger partial charge on any atom is -0.380 e. The second-order valence-corrected chi connectivity index (χ2v) is 4.26. The molecule has 2 rings (SSSR count). The number of benzene rings is 1. The number of hydrogen-bond acceptors (Lipinski definition) is 1. The zero-order valence-corrected chi connectivity index (χ0v) is 10.2. The van der Waals surface area contributed by atoms with E-state index in [0.717, 1.165) is 31.2 Å². The van der Waals surface area contributed by atoms with Gasteiger partial charge in [0.25, 0.3) is 0 Å². The minimum absolute atomic E-state index is 0.764. The fourth-order valence-corrected chi connectivity index (χ4v) is 1.96. The summed E-state index contributed by atoms with van der Waals surface area (Å²) in [7, 11) is 0. The lowest BCUT2D eigenvalue weighted by Gasteiger charge is -2.06. The topological polar surface area (TPSA) is 14.2 Å². The molecule has 0 amide bonds. The van der Waals surface area contributed by atoms with Gasteiger partial charge in [-0.15, -0.1) is 0 Å². The van der Waals surface area contributed by atoms with E-state index in [1.807, 2.05) is 12.1 Å². The first-order valence-corrected chi connectivity index (χ1v) is 6.01. The van der Waals surface area contributed by atoms with E-state index in [0.29, 0.717) is 0 Å². The van der Waals surface area contributed by atoms with Crippen molar-refractivity contribution in [3.8, 4) is 0 Å². The third kappa shape index (κ3) is 2.57. The number of fused-ring (bicyclic) bond motifs is 1. The van der Waals surface area contributed by atoms with E-state index >= 15 is 0 Å². The van der Waals surface area contributed by atoms with E-state index < -0.39 is 0 Å².